The van der Waals surface area contributed by atoms with Gasteiger partial charge in [0.15, 0.2) is 12.0 Å². The highest BCUT2D eigenvalue weighted by atomic mass is 35.5. The van der Waals surface area contributed by atoms with Crippen molar-refractivity contribution in [2.45, 2.75) is 530 Å². The van der Waals surface area contributed by atoms with E-state index in [-0.39, 0.29) is 78.6 Å². The first-order valence-electron chi connectivity index (χ1n) is 58.8. The Hall–Kier alpha value is -3.22. The van der Waals surface area contributed by atoms with Crippen molar-refractivity contribution in [1.82, 2.24) is 46.2 Å². The summed E-state index contributed by atoms with van der Waals surface area (Å²) in [7, 11) is 11.3. The van der Waals surface area contributed by atoms with E-state index in [2.05, 4.69) is 289 Å². The van der Waals surface area contributed by atoms with Crippen LogP contribution in [0.25, 0.3) is 0 Å². The summed E-state index contributed by atoms with van der Waals surface area (Å²) < 4.78 is 23.8. The molecular formula is C119H233ClN10O10S. The van der Waals surface area contributed by atoms with Gasteiger partial charge in [0.1, 0.15) is 6.10 Å². The van der Waals surface area contributed by atoms with Gasteiger partial charge in [-0.25, -0.2) is 0 Å². The number of nitrogens with one attached hydrogen (secondary N) is 5. The lowest BCUT2D eigenvalue weighted by Crippen LogP contribution is -3.00. The maximum absolute atomic E-state index is 11.6. The molecule has 0 spiro atoms. The van der Waals surface area contributed by atoms with Crippen LogP contribution in [0.15, 0.2) is 12.2 Å². The number of hydrogen-bond donors (Lipinski definition) is 5. The number of carbonyl (C=O) groups is 6. The number of ether oxygens (including phenoxy) is 4. The highest BCUT2D eigenvalue weighted by molar-refractivity contribution is 7.80. The van der Waals surface area contributed by atoms with Crippen LogP contribution >= 0.6 is 12.2 Å². The summed E-state index contributed by atoms with van der Waals surface area (Å²) in [5.41, 5.74) is 1.41. The quantitative estimate of drug-likeness (QED) is 0.0310. The van der Waals surface area contributed by atoms with E-state index in [9.17, 15) is 28.8 Å². The van der Waals surface area contributed by atoms with E-state index in [1.807, 2.05) is 6.92 Å². The molecule has 29 atom stereocenters. The van der Waals surface area contributed by atoms with Crippen molar-refractivity contribution >= 4 is 52.4 Å². The minimum atomic E-state index is -0.0926. The van der Waals surface area contributed by atoms with E-state index < -0.39 is 0 Å². The van der Waals surface area contributed by atoms with Crippen molar-refractivity contribution in [2.24, 2.45) is 94.2 Å². The molecule has 0 radical (unpaired) electrons. The number of likely N-dealkylation sites (tertiary alicyclic amines) is 3. The first-order valence-corrected chi connectivity index (χ1v) is 59.2. The van der Waals surface area contributed by atoms with E-state index in [1.165, 1.54) is 152 Å². The van der Waals surface area contributed by atoms with Crippen LogP contribution in [0, 0.1) is 94.2 Å². The van der Waals surface area contributed by atoms with E-state index in [1.54, 1.807) is 0 Å². The zero-order chi connectivity index (χ0) is 106. The molecule has 2 bridgehead atoms. The van der Waals surface area contributed by atoms with Crippen molar-refractivity contribution in [3.05, 3.63) is 12.2 Å². The Bertz CT molecular complexity index is 3330. The number of nitrogens with zero attached hydrogens (tertiary/aromatic N) is 5. The monoisotopic (exact) mass is 2030 g/mol. The number of halogens is 1. The minimum Gasteiger partial charge on any atom is -1.00 e. The maximum Gasteiger partial charge on any atom is 0.226 e. The second-order valence-corrected chi connectivity index (χ2v) is 46.7. The largest absolute Gasteiger partial charge is 1.00 e. The van der Waals surface area contributed by atoms with E-state index >= 15 is 0 Å². The van der Waals surface area contributed by atoms with Gasteiger partial charge < -0.3 is 67.3 Å². The van der Waals surface area contributed by atoms with Crippen LogP contribution in [0.4, 0.5) is 0 Å². The summed E-state index contributed by atoms with van der Waals surface area (Å²) in [4.78, 5) is 79.0. The third-order valence-corrected chi connectivity index (χ3v) is 36.1. The molecule has 13 rings (SSSR count). The van der Waals surface area contributed by atoms with Gasteiger partial charge in [-0.15, -0.1) is 0 Å². The summed E-state index contributed by atoms with van der Waals surface area (Å²) in [5, 5.41) is 15.1. The summed E-state index contributed by atoms with van der Waals surface area (Å²) in [6.07, 6.45) is 44.4. The highest BCUT2D eigenvalue weighted by Crippen LogP contribution is 2.51. The van der Waals surface area contributed by atoms with Gasteiger partial charge in [0.2, 0.25) is 29.5 Å². The Morgan fingerprint density at radius 3 is 1.60 bits per heavy atom. The third kappa shape index (κ3) is 45.9. The number of amides is 5. The number of carbonyl (C=O) groups excluding carboxylic acids is 6. The Labute approximate surface area is 883 Å². The molecule has 1 aliphatic carbocycles. The van der Waals surface area contributed by atoms with Gasteiger partial charge in [0, 0.05) is 118 Å². The van der Waals surface area contributed by atoms with E-state index in [0.717, 1.165) is 218 Å². The van der Waals surface area contributed by atoms with Crippen LogP contribution in [0.5, 0.6) is 0 Å². The number of allylic oxidation sites excluding steroid dienone is 1. The molecule has 1 saturated carbocycles. The normalized spacial score (nSPS) is 35.0. The molecule has 0 aromatic rings. The van der Waals surface area contributed by atoms with Crippen LogP contribution < -0.4 is 39.0 Å². The zero-order valence-corrected chi connectivity index (χ0v) is 99.9. The van der Waals surface area contributed by atoms with Gasteiger partial charge in [-0.3, -0.25) is 43.5 Å². The predicted octanol–water partition coefficient (Wildman–Crippen LogP) is 22.9. The molecular weight excluding hydrogens is 1800 g/mol. The first kappa shape index (κ1) is 136. The van der Waals surface area contributed by atoms with Gasteiger partial charge in [-0.1, -0.05) is 243 Å². The lowest BCUT2D eigenvalue weighted by Gasteiger charge is -2.47. The van der Waals surface area contributed by atoms with Crippen LogP contribution in [-0.4, -0.2) is 237 Å². The zero-order valence-electron chi connectivity index (χ0n) is 98.4. The van der Waals surface area contributed by atoms with Crippen LogP contribution in [0.1, 0.15) is 447 Å². The highest BCUT2D eigenvalue weighted by Gasteiger charge is 2.55. The number of hydrogen-bond acceptors (Lipinski definition) is 15. The number of piperidine rings is 7. The summed E-state index contributed by atoms with van der Waals surface area (Å²) in [5.74, 6) is 11.2. The fourth-order valence-corrected chi connectivity index (χ4v) is 24.7. The number of quaternary nitrogens is 1. The SMILES string of the molecule is C=C(C)C1CCN(CC)CC1C.CCC1C(C)C(C)N(C)CN1C.CCC1CC(=O)C(CC)O1.CCC1CC(C)C(CC)NC1=O.CCC1CC(C)CC(CC)O1.CCC1CC(CC)C(=O)N1.CCC1CCC(=S)C(CC)N1C.CCC1CCOC(CC)C1.CCC1CNC(=O)C(C(C)CC)C1.CCC1CNC(=O)C(CC)C1.CCCC1CC2(CC)CC1NC2=O.CCCOC1CC(C)CC(C)[N+]1(C)C.[Cl-].[HH]. The molecule has 13 fully saturated rings. The lowest BCUT2D eigenvalue weighted by molar-refractivity contribution is -0.964. The average Bonchev–Trinajstić information content (AvgIpc) is 1.60. The van der Waals surface area contributed by atoms with E-state index in [0.29, 0.717) is 84.7 Å². The average molecular weight is 2030 g/mol. The Kier molecular flexibility index (Phi) is 70.4. The van der Waals surface area contributed by atoms with Gasteiger partial charge >= 0.3 is 0 Å². The molecule has 141 heavy (non-hydrogen) atoms. The standard InChI is InChI=1S/C12H26NO.C11H19NO.C11H21NO.C11H21N.C10H22N2.C10H19NO.C10H19NS.C10H20O.C9H17NO.C9H18O.C8H15NO.C8H14O2.ClH.H2/c1-6-7-14-12-9-10(2)8-11(3)13(12,4)5;1-3-5-8-6-11(4-2)7-9(8)12-10(11)13;1-4-8(3)10-6-9(5-2)7-12-11(10)13;1-5-12-7-6-11(9(2)3)10(4)8-12;1-6-10-8(2)9(3)11(4)7-12(10)5;1-4-8-6-7(3)9(5-2)11-10(8)12;1-4-8-6-7-10(12)9(5-2)11(8)3;1-4-9-6-8(3)7-10(5-2)11-9;1-3-7-5-8(4-2)9(11)10-6-7;1-3-8-5-6-10-9(4-2)7-8;1-3-6-5-7(4-2)9-8(6)10;1-3-6-5-7(9)8(4-2)10-6;;/h10-12H,6-9H2,1-5H3;8-9H,3-7H2,1-2H3,(H,12,13);8-10H,4-7H2,1-3H3,(H,12,13);10-11H,2,5-8H2,1,3-4H3;8-10H,6-7H2,1-5H3;7-9H,4-6H2,1-3H3,(H,11,12);8-9H,4-7H2,1-3H3;8-10H,4-7H2,1-3H3;7-8H,3-6H2,1-2H3,(H,10,11);8-9H,3-7H2,1-2H3;6-7H,3-5H2,1-2H3,(H,9,10);6,8H,3-5H2,1-2H3;2*1H/q+1;;;;;;;;;;;;;/p-1. The molecule has 22 heteroatoms. The number of ketones is 1. The van der Waals surface area contributed by atoms with Gasteiger partial charge in [-0.05, 0) is 306 Å². The molecule has 29 unspecified atom stereocenters. The topological polar surface area (TPSA) is 212 Å². The fraction of sp³-hybridized carbons (Fsp3) is 0.924. The van der Waals surface area contributed by atoms with Crippen LogP contribution in [0.3, 0.4) is 0 Å². The summed E-state index contributed by atoms with van der Waals surface area (Å²) in [6, 6.07) is 4.94. The minimum absolute atomic E-state index is 0. The lowest BCUT2D eigenvalue weighted by atomic mass is 9.80. The van der Waals surface area contributed by atoms with Crippen LogP contribution in [0.2, 0.25) is 0 Å². The fourth-order valence-electron chi connectivity index (χ4n) is 24.2. The number of fused-ring (bicyclic) bond motifs is 2. The molecule has 12 aliphatic heterocycles. The summed E-state index contributed by atoms with van der Waals surface area (Å²) in [6.45, 7) is 78.8. The van der Waals surface area contributed by atoms with Crippen molar-refractivity contribution in [2.75, 3.05) is 87.8 Å². The molecule has 0 aromatic carbocycles. The molecule has 12 heterocycles. The summed E-state index contributed by atoms with van der Waals surface area (Å²) >= 11 is 5.36. The molecule has 12 saturated heterocycles. The smallest absolute Gasteiger partial charge is 0.226 e. The maximum atomic E-state index is 11.6. The van der Waals surface area contributed by atoms with Crippen molar-refractivity contribution in [3.8, 4) is 0 Å². The molecule has 20 nitrogen and oxygen atoms in total. The van der Waals surface area contributed by atoms with Crippen molar-refractivity contribution in [3.63, 3.8) is 0 Å². The van der Waals surface area contributed by atoms with Crippen molar-refractivity contribution < 1.29 is 66.0 Å². The first-order chi connectivity index (χ1) is 66.4. The Morgan fingerprint density at radius 1 is 0.560 bits per heavy atom. The number of rotatable bonds is 26. The second-order valence-electron chi connectivity index (χ2n) is 46.2. The third-order valence-electron chi connectivity index (χ3n) is 35.7. The van der Waals surface area contributed by atoms with Gasteiger partial charge in [0.25, 0.3) is 0 Å². The molecule has 0 aromatic heterocycles. The molecule has 13 aliphatic rings. The second kappa shape index (κ2) is 73.1. The van der Waals surface area contributed by atoms with Crippen LogP contribution in [-0.2, 0) is 47.7 Å². The Balaban J connectivity index is 0.00000153. The molecule has 5 N–H and O–H groups in total. The predicted molar refractivity (Wildman–Crippen MR) is 599 cm³/mol. The van der Waals surface area contributed by atoms with Gasteiger partial charge in [0.05, 0.1) is 63.2 Å². The number of Topliss-reactive ketones (excluding diaryl/α,β-unsaturated/α-hetero) is 1. The van der Waals surface area contributed by atoms with Crippen molar-refractivity contribution in [1.29, 1.82) is 0 Å². The van der Waals surface area contributed by atoms with E-state index in [4.69, 9.17) is 31.2 Å². The Morgan fingerprint density at radius 2 is 1.13 bits per heavy atom. The number of thiocarbonyl (C=S) groups is 1. The molecule has 832 valence electrons. The molecule has 5 amide bonds. The van der Waals surface area contributed by atoms with Gasteiger partial charge in [-0.2, -0.15) is 0 Å².